The van der Waals surface area contributed by atoms with Crippen LogP contribution in [0, 0.1) is 45.6 Å². The molecule has 0 saturated heterocycles. The summed E-state index contributed by atoms with van der Waals surface area (Å²) >= 11 is 0. The van der Waals surface area contributed by atoms with Crippen LogP contribution in [0.1, 0.15) is 56.4 Å². The summed E-state index contributed by atoms with van der Waals surface area (Å²) in [6.07, 6.45) is 1.73. The number of aliphatic hydroxyl groups is 2. The number of hydrogen-bond donors (Lipinski definition) is 2. The maximum atomic E-state index is 9.39. The number of pyridine rings is 1. The molecule has 0 spiro atoms. The number of aryl methyl sites for hydroxylation is 4. The number of aliphatic hydroxyl groups excluding tert-OH is 2. The fourth-order valence-corrected chi connectivity index (χ4v) is 4.63. The number of rotatable bonds is 7. The molecule has 0 bridgehead atoms. The molecule has 4 heteroatoms. The topological polar surface area (TPSA) is 53.4 Å². The summed E-state index contributed by atoms with van der Waals surface area (Å²) in [7, 11) is 0. The van der Waals surface area contributed by atoms with E-state index in [1.807, 2.05) is 40.0 Å². The maximum Gasteiger partial charge on any atom is 0.0587 e. The van der Waals surface area contributed by atoms with Gasteiger partial charge >= 0.3 is 0 Å². The molecule has 215 valence electrons. The Balaban J connectivity index is 0.000000400. The Hall–Kier alpha value is -2.62. The largest absolute Gasteiger partial charge is 0.393 e. The van der Waals surface area contributed by atoms with E-state index < -0.39 is 0 Å². The predicted octanol–water partition coefficient (Wildman–Crippen LogP) is 8.52. The van der Waals surface area contributed by atoms with Gasteiger partial charge in [0.15, 0.2) is 0 Å². The molecule has 2 unspecified atom stereocenters. The molecule has 1 aromatic heterocycles. The average molecular weight is 715 g/mol. The molecule has 1 heterocycles. The minimum atomic E-state index is -0.368. The van der Waals surface area contributed by atoms with Crippen LogP contribution in [0.15, 0.2) is 72.9 Å². The van der Waals surface area contributed by atoms with Crippen molar-refractivity contribution in [1.29, 1.82) is 0 Å². The molecule has 0 amide bonds. The Kier molecular flexibility index (Phi) is 12.9. The third-order valence-corrected chi connectivity index (χ3v) is 6.95. The molecule has 2 atom stereocenters. The molecule has 40 heavy (non-hydrogen) atoms. The number of benzene rings is 3. The summed E-state index contributed by atoms with van der Waals surface area (Å²) in [6.45, 7) is 16.3. The monoisotopic (exact) mass is 715 g/mol. The maximum absolute atomic E-state index is 9.39. The van der Waals surface area contributed by atoms with Crippen LogP contribution in [0.2, 0.25) is 0 Å². The van der Waals surface area contributed by atoms with Crippen LogP contribution in [0.5, 0.6) is 0 Å². The zero-order valence-corrected chi connectivity index (χ0v) is 27.5. The van der Waals surface area contributed by atoms with Crippen molar-refractivity contribution in [3.05, 3.63) is 101 Å². The van der Waals surface area contributed by atoms with Crippen LogP contribution < -0.4 is 0 Å². The first-order valence-electron chi connectivity index (χ1n) is 14.0. The van der Waals surface area contributed by atoms with Crippen molar-refractivity contribution in [3.8, 4) is 33.5 Å². The smallest absolute Gasteiger partial charge is 0.0587 e. The molecular weight excluding hydrogens is 671 g/mol. The van der Waals surface area contributed by atoms with Crippen molar-refractivity contribution >= 4 is 0 Å². The van der Waals surface area contributed by atoms with Crippen LogP contribution in [0.3, 0.4) is 0 Å². The summed E-state index contributed by atoms with van der Waals surface area (Å²) in [6, 6.07) is 27.2. The van der Waals surface area contributed by atoms with Gasteiger partial charge in [-0.3, -0.25) is 0 Å². The Morgan fingerprint density at radius 1 is 0.675 bits per heavy atom. The molecule has 2 N–H and O–H groups in total. The van der Waals surface area contributed by atoms with Crippen LogP contribution in [-0.4, -0.2) is 27.4 Å². The average Bonchev–Trinajstić information content (AvgIpc) is 2.88. The Morgan fingerprint density at radius 2 is 1.23 bits per heavy atom. The predicted molar refractivity (Wildman–Crippen MR) is 165 cm³/mol. The van der Waals surface area contributed by atoms with Gasteiger partial charge < -0.3 is 15.2 Å². The fourth-order valence-electron chi connectivity index (χ4n) is 4.63. The van der Waals surface area contributed by atoms with Gasteiger partial charge in [-0.25, -0.2) is 0 Å². The molecular formula is C36H44IrNO2-. The fraction of sp³-hybridized carbons (Fsp3) is 0.361. The van der Waals surface area contributed by atoms with E-state index in [0.29, 0.717) is 6.42 Å². The third kappa shape index (κ3) is 9.49. The van der Waals surface area contributed by atoms with E-state index in [1.165, 1.54) is 27.8 Å². The Labute approximate surface area is 255 Å². The zero-order chi connectivity index (χ0) is 28.7. The molecule has 4 aromatic rings. The number of nitrogens with zero attached hydrogens (tertiary/aromatic N) is 1. The summed E-state index contributed by atoms with van der Waals surface area (Å²) in [5.74, 6) is 0.479. The Morgan fingerprint density at radius 3 is 1.75 bits per heavy atom. The van der Waals surface area contributed by atoms with E-state index in [9.17, 15) is 10.2 Å². The molecule has 0 aliphatic rings. The van der Waals surface area contributed by atoms with Crippen molar-refractivity contribution in [3.63, 3.8) is 0 Å². The second-order valence-electron chi connectivity index (χ2n) is 11.5. The van der Waals surface area contributed by atoms with Crippen LogP contribution in [0.25, 0.3) is 33.5 Å². The molecule has 3 nitrogen and oxygen atoms in total. The van der Waals surface area contributed by atoms with Crippen LogP contribution in [0.4, 0.5) is 0 Å². The van der Waals surface area contributed by atoms with E-state index in [2.05, 4.69) is 94.4 Å². The molecule has 4 rings (SSSR count). The van der Waals surface area contributed by atoms with E-state index in [-0.39, 0.29) is 44.1 Å². The van der Waals surface area contributed by atoms with Crippen LogP contribution in [-0.2, 0) is 20.1 Å². The van der Waals surface area contributed by atoms with Crippen molar-refractivity contribution in [2.75, 3.05) is 0 Å². The SMILES string of the molecule is CC(C)C(O)CC(O)C(C)C.Cc1[c-]c(-c2ncc(-c3ccccc3)cc2-c2cc(C)cc(C)c2)cc(C)c1.[Ir]. The van der Waals surface area contributed by atoms with Gasteiger partial charge in [0.2, 0.25) is 0 Å². The van der Waals surface area contributed by atoms with E-state index >= 15 is 0 Å². The normalized spacial score (nSPS) is 12.4. The van der Waals surface area contributed by atoms with Crippen LogP contribution >= 0.6 is 0 Å². The van der Waals surface area contributed by atoms with Crippen molar-refractivity contribution in [1.82, 2.24) is 4.98 Å². The van der Waals surface area contributed by atoms with Gasteiger partial charge in [-0.05, 0) is 60.1 Å². The number of hydrogen-bond acceptors (Lipinski definition) is 3. The van der Waals surface area contributed by atoms with E-state index in [4.69, 9.17) is 4.98 Å². The molecule has 0 saturated carbocycles. The summed E-state index contributed by atoms with van der Waals surface area (Å²) < 4.78 is 0. The quantitative estimate of drug-likeness (QED) is 0.189. The van der Waals surface area contributed by atoms with Gasteiger partial charge in [-0.2, -0.15) is 0 Å². The van der Waals surface area contributed by atoms with Gasteiger partial charge in [0, 0.05) is 26.3 Å². The van der Waals surface area contributed by atoms with Crippen molar-refractivity contribution in [2.45, 2.75) is 74.0 Å². The van der Waals surface area contributed by atoms with Crippen molar-refractivity contribution in [2.24, 2.45) is 11.8 Å². The molecule has 0 aliphatic carbocycles. The second kappa shape index (κ2) is 15.4. The van der Waals surface area contributed by atoms with Gasteiger partial charge in [0.25, 0.3) is 0 Å². The number of aromatic nitrogens is 1. The minimum Gasteiger partial charge on any atom is -0.393 e. The summed E-state index contributed by atoms with van der Waals surface area (Å²) in [4.78, 5) is 4.91. The van der Waals surface area contributed by atoms with Gasteiger partial charge in [0.1, 0.15) is 0 Å². The molecule has 0 fully saturated rings. The van der Waals surface area contributed by atoms with Gasteiger partial charge in [0.05, 0.1) is 12.2 Å². The standard InChI is InChI=1S/C27H24N.C9H20O2.Ir/c1-18-10-19(2)13-23(12-18)26-16-25(22-8-6-5-7-9-22)17-28-27(26)24-14-20(3)11-21(4)15-24;1-6(2)8(10)5-9(11)7(3)4;/h5-14,16-17H,1-4H3;6-11H,5H2,1-4H3;/q-1;;. The molecule has 3 aromatic carbocycles. The first-order valence-corrected chi connectivity index (χ1v) is 14.0. The molecule has 1 radical (unpaired) electrons. The second-order valence-corrected chi connectivity index (χ2v) is 11.5. The van der Waals surface area contributed by atoms with Gasteiger partial charge in [-0.1, -0.05) is 107 Å². The molecule has 0 aliphatic heterocycles. The van der Waals surface area contributed by atoms with Gasteiger partial charge in [-0.15, -0.1) is 34.9 Å². The third-order valence-electron chi connectivity index (χ3n) is 6.95. The first kappa shape index (κ1) is 33.6. The van der Waals surface area contributed by atoms with E-state index in [0.717, 1.165) is 27.9 Å². The minimum absolute atomic E-state index is 0. The summed E-state index contributed by atoms with van der Waals surface area (Å²) in [5.41, 5.74) is 11.6. The van der Waals surface area contributed by atoms with E-state index in [1.54, 1.807) is 0 Å². The van der Waals surface area contributed by atoms with Crippen molar-refractivity contribution < 1.29 is 30.3 Å². The first-order chi connectivity index (χ1) is 18.4. The zero-order valence-electron chi connectivity index (χ0n) is 25.1. The summed E-state index contributed by atoms with van der Waals surface area (Å²) in [5, 5.41) is 18.8. The Bertz CT molecular complexity index is 1310.